The van der Waals surface area contributed by atoms with Crippen molar-refractivity contribution >= 4 is 17.1 Å². The van der Waals surface area contributed by atoms with Crippen molar-refractivity contribution in [1.82, 2.24) is 0 Å². The Balaban J connectivity index is 1.09. The van der Waals surface area contributed by atoms with Gasteiger partial charge in [-0.2, -0.15) is 0 Å². The van der Waals surface area contributed by atoms with Gasteiger partial charge in [-0.1, -0.05) is 255 Å². The van der Waals surface area contributed by atoms with Crippen LogP contribution in [0.4, 0.5) is 17.1 Å². The molecule has 1 heteroatoms. The highest BCUT2D eigenvalue weighted by Gasteiger charge is 2.49. The van der Waals surface area contributed by atoms with Crippen LogP contribution in [0, 0.1) is 0 Å². The third-order valence-electron chi connectivity index (χ3n) is 14.8. The van der Waals surface area contributed by atoms with Crippen molar-refractivity contribution in [2.75, 3.05) is 4.90 Å². The predicted molar refractivity (Wildman–Crippen MR) is 287 cm³/mol. The lowest BCUT2D eigenvalue weighted by Gasteiger charge is -2.38. The van der Waals surface area contributed by atoms with Crippen molar-refractivity contribution < 1.29 is 0 Å². The van der Waals surface area contributed by atoms with Crippen LogP contribution in [0.15, 0.2) is 285 Å². The Labute approximate surface area is 404 Å². The zero-order chi connectivity index (χ0) is 45.8. The van der Waals surface area contributed by atoms with Crippen molar-refractivity contribution in [3.63, 3.8) is 0 Å². The second kappa shape index (κ2) is 16.5. The van der Waals surface area contributed by atoms with E-state index in [0.717, 1.165) is 28.2 Å². The number of rotatable bonds is 9. The number of para-hydroxylation sites is 1. The van der Waals surface area contributed by atoms with Crippen LogP contribution in [0.2, 0.25) is 0 Å². The minimum Gasteiger partial charge on any atom is -0.310 e. The minimum atomic E-state index is -0.625. The molecule has 0 unspecified atom stereocenters. The highest BCUT2D eigenvalue weighted by atomic mass is 15.1. The van der Waals surface area contributed by atoms with Crippen molar-refractivity contribution in [3.05, 3.63) is 330 Å². The summed E-state index contributed by atoms with van der Waals surface area (Å²) < 4.78 is 0. The normalized spacial score (nSPS) is 13.4. The molecule has 0 heterocycles. The fourth-order valence-corrected chi connectivity index (χ4v) is 12.1. The molecule has 69 heavy (non-hydrogen) atoms. The average Bonchev–Trinajstić information content (AvgIpc) is 3.92. The lowest BCUT2D eigenvalue weighted by Crippen LogP contribution is -2.30. The lowest BCUT2D eigenvalue weighted by atomic mass is 9.67. The Kier molecular flexibility index (Phi) is 9.70. The molecule has 1 nitrogen and oxygen atoms in total. The quantitative estimate of drug-likeness (QED) is 0.140. The summed E-state index contributed by atoms with van der Waals surface area (Å²) in [5, 5.41) is 0. The highest BCUT2D eigenvalue weighted by Crippen LogP contribution is 2.61. The van der Waals surface area contributed by atoms with E-state index in [2.05, 4.69) is 290 Å². The summed E-state index contributed by atoms with van der Waals surface area (Å²) in [6, 6.07) is 106. The third kappa shape index (κ3) is 6.17. The molecule has 0 spiro atoms. The maximum atomic E-state index is 2.55. The summed E-state index contributed by atoms with van der Waals surface area (Å²) in [7, 11) is 0. The molecule has 0 saturated heterocycles. The summed E-state index contributed by atoms with van der Waals surface area (Å²) in [6.45, 7) is 0. The molecular formula is C68H47N. The van der Waals surface area contributed by atoms with E-state index in [9.17, 15) is 0 Å². The van der Waals surface area contributed by atoms with E-state index < -0.39 is 10.8 Å². The molecule has 0 N–H and O–H groups in total. The van der Waals surface area contributed by atoms with Gasteiger partial charge in [-0.3, -0.25) is 0 Å². The molecular weight excluding hydrogens is 831 g/mol. The largest absolute Gasteiger partial charge is 0.310 e. The first kappa shape index (κ1) is 40.5. The van der Waals surface area contributed by atoms with E-state index >= 15 is 0 Å². The molecule has 2 aliphatic carbocycles. The van der Waals surface area contributed by atoms with Crippen molar-refractivity contribution in [2.24, 2.45) is 0 Å². The molecule has 13 rings (SSSR count). The van der Waals surface area contributed by atoms with Gasteiger partial charge in [0.1, 0.15) is 0 Å². The number of hydrogen-bond acceptors (Lipinski definition) is 1. The van der Waals surface area contributed by atoms with Gasteiger partial charge in [0.25, 0.3) is 0 Å². The molecule has 2 aliphatic rings. The van der Waals surface area contributed by atoms with Crippen LogP contribution in [0.25, 0.3) is 44.5 Å². The summed E-state index contributed by atoms with van der Waals surface area (Å²) in [5.41, 5.74) is 22.0. The number of nitrogens with zero attached hydrogens (tertiary/aromatic N) is 1. The molecule has 0 fully saturated rings. The maximum Gasteiger partial charge on any atom is 0.0734 e. The lowest BCUT2D eigenvalue weighted by molar-refractivity contribution is 0.766. The fourth-order valence-electron chi connectivity index (χ4n) is 12.1. The van der Waals surface area contributed by atoms with Crippen LogP contribution >= 0.6 is 0 Å². The Morgan fingerprint density at radius 3 is 1.19 bits per heavy atom. The van der Waals surface area contributed by atoms with E-state index in [1.54, 1.807) is 0 Å². The first-order chi connectivity index (χ1) is 34.3. The monoisotopic (exact) mass is 877 g/mol. The summed E-state index contributed by atoms with van der Waals surface area (Å²) in [5.74, 6) is 0. The Hall–Kier alpha value is -8.78. The topological polar surface area (TPSA) is 3.24 Å². The van der Waals surface area contributed by atoms with Gasteiger partial charge >= 0.3 is 0 Å². The van der Waals surface area contributed by atoms with Crippen molar-refractivity contribution in [3.8, 4) is 44.5 Å². The van der Waals surface area contributed by atoms with Gasteiger partial charge in [0.15, 0.2) is 0 Å². The second-order valence-corrected chi connectivity index (χ2v) is 18.3. The number of hydrogen-bond donors (Lipinski definition) is 0. The second-order valence-electron chi connectivity index (χ2n) is 18.3. The highest BCUT2D eigenvalue weighted by molar-refractivity contribution is 5.97. The summed E-state index contributed by atoms with van der Waals surface area (Å²) in [4.78, 5) is 2.55. The smallest absolute Gasteiger partial charge is 0.0734 e. The Morgan fingerprint density at radius 2 is 0.609 bits per heavy atom. The maximum absolute atomic E-state index is 2.55. The average molecular weight is 878 g/mol. The zero-order valence-electron chi connectivity index (χ0n) is 38.1. The van der Waals surface area contributed by atoms with E-state index in [4.69, 9.17) is 0 Å². The molecule has 324 valence electrons. The standard InChI is InChI=1S/C68H47N/c1-5-23-48(24-6-1)49-25-21-26-50(47-49)56-33-16-20-41-64(56)69(55-45-43-54(44-46-55)67(51-27-7-2-8-28-51)61-38-17-13-34-57(61)58-35-14-18-39-62(58)67)65-42-22-37-60-59-36-15-19-40-63(59)68(66(60)65,52-29-9-3-10-30-52)53-31-11-4-12-32-53/h1-47H. The fraction of sp³-hybridized carbons (Fsp3) is 0.0294. The van der Waals surface area contributed by atoms with Crippen molar-refractivity contribution in [2.45, 2.75) is 10.8 Å². The summed E-state index contributed by atoms with van der Waals surface area (Å²) >= 11 is 0. The number of benzene rings is 11. The van der Waals surface area contributed by atoms with E-state index in [1.807, 2.05) is 0 Å². The van der Waals surface area contributed by atoms with E-state index in [-0.39, 0.29) is 0 Å². The molecule has 0 amide bonds. The SMILES string of the molecule is c1ccc(-c2cccc(-c3ccccc3N(c3ccc(C4(c5ccccc5)c5ccccc5-c5ccccc54)cc3)c3cccc4c3C(c3ccccc3)(c3ccccc3)c3ccccc3-4)c2)cc1. The van der Waals surface area contributed by atoms with Gasteiger partial charge in [-0.05, 0) is 108 Å². The van der Waals surface area contributed by atoms with E-state index in [0.29, 0.717) is 0 Å². The van der Waals surface area contributed by atoms with Crippen LogP contribution in [0.1, 0.15) is 44.5 Å². The molecule has 0 atom stereocenters. The van der Waals surface area contributed by atoms with E-state index in [1.165, 1.54) is 77.9 Å². The van der Waals surface area contributed by atoms with Crippen LogP contribution < -0.4 is 4.90 Å². The van der Waals surface area contributed by atoms with Gasteiger partial charge in [0.2, 0.25) is 0 Å². The first-order valence-corrected chi connectivity index (χ1v) is 24.0. The van der Waals surface area contributed by atoms with Crippen molar-refractivity contribution in [1.29, 1.82) is 0 Å². The molecule has 0 aliphatic heterocycles. The predicted octanol–water partition coefficient (Wildman–Crippen LogP) is 17.2. The van der Waals surface area contributed by atoms with Crippen LogP contribution in [-0.4, -0.2) is 0 Å². The Bertz CT molecular complexity index is 3570. The molecule has 11 aromatic rings. The minimum absolute atomic E-state index is 0.515. The van der Waals surface area contributed by atoms with Crippen LogP contribution in [0.3, 0.4) is 0 Å². The summed E-state index contributed by atoms with van der Waals surface area (Å²) in [6.07, 6.45) is 0. The van der Waals surface area contributed by atoms with Gasteiger partial charge in [-0.15, -0.1) is 0 Å². The molecule has 0 radical (unpaired) electrons. The van der Waals surface area contributed by atoms with Gasteiger partial charge in [0, 0.05) is 16.8 Å². The third-order valence-corrected chi connectivity index (χ3v) is 14.8. The van der Waals surface area contributed by atoms with Gasteiger partial charge in [0.05, 0.1) is 22.2 Å². The molecule has 11 aromatic carbocycles. The van der Waals surface area contributed by atoms with Gasteiger partial charge in [-0.25, -0.2) is 0 Å². The number of fused-ring (bicyclic) bond motifs is 6. The number of anilines is 3. The first-order valence-electron chi connectivity index (χ1n) is 24.0. The van der Waals surface area contributed by atoms with Crippen LogP contribution in [0.5, 0.6) is 0 Å². The molecule has 0 bridgehead atoms. The Morgan fingerprint density at radius 1 is 0.232 bits per heavy atom. The van der Waals surface area contributed by atoms with Gasteiger partial charge < -0.3 is 4.90 Å². The van der Waals surface area contributed by atoms with Crippen LogP contribution in [-0.2, 0) is 10.8 Å². The molecule has 0 aromatic heterocycles. The molecule has 0 saturated carbocycles. The zero-order valence-corrected chi connectivity index (χ0v) is 38.1.